The Balaban J connectivity index is 1.78. The molecule has 0 fully saturated rings. The summed E-state index contributed by atoms with van der Waals surface area (Å²) in [5.74, 6) is 1.07. The Kier molecular flexibility index (Phi) is 8.26. The molecule has 27 heavy (non-hydrogen) atoms. The van der Waals surface area contributed by atoms with Crippen molar-refractivity contribution in [1.29, 1.82) is 0 Å². The zero-order valence-electron chi connectivity index (χ0n) is 15.6. The lowest BCUT2D eigenvalue weighted by molar-refractivity contribution is -0.130. The molecule has 2 aromatic rings. The number of amides is 2. The lowest BCUT2D eigenvalue weighted by Crippen LogP contribution is -2.30. The van der Waals surface area contributed by atoms with E-state index >= 15 is 0 Å². The molecule has 0 aliphatic rings. The van der Waals surface area contributed by atoms with Crippen molar-refractivity contribution in [3.63, 3.8) is 0 Å². The Hall–Kier alpha value is -2.41. The minimum Gasteiger partial charge on any atom is -0.439 e. The second-order valence-corrected chi connectivity index (χ2v) is 6.83. The molecule has 0 aliphatic carbocycles. The van der Waals surface area contributed by atoms with Crippen LogP contribution in [0.4, 0.5) is 5.69 Å². The Morgan fingerprint density at radius 1 is 1.15 bits per heavy atom. The van der Waals surface area contributed by atoms with Crippen LogP contribution in [0.1, 0.15) is 33.1 Å². The van der Waals surface area contributed by atoms with Crippen molar-refractivity contribution in [2.24, 2.45) is 0 Å². The molecule has 0 aliphatic heterocycles. The van der Waals surface area contributed by atoms with E-state index in [-0.39, 0.29) is 11.8 Å². The van der Waals surface area contributed by atoms with Gasteiger partial charge in [0.05, 0.1) is 11.9 Å². The van der Waals surface area contributed by atoms with Gasteiger partial charge in [-0.15, -0.1) is 0 Å². The van der Waals surface area contributed by atoms with Gasteiger partial charge in [0, 0.05) is 36.5 Å². The summed E-state index contributed by atoms with van der Waals surface area (Å²) in [6.07, 6.45) is 2.75. The fraction of sp³-hybridized carbons (Fsp3) is 0.350. The van der Waals surface area contributed by atoms with E-state index in [0.717, 1.165) is 4.47 Å². The van der Waals surface area contributed by atoms with E-state index in [9.17, 15) is 9.59 Å². The van der Waals surface area contributed by atoms with Gasteiger partial charge < -0.3 is 15.0 Å². The number of benzene rings is 1. The standard InChI is InChI=1S/C20H24BrN3O3/c1-3-24(4-2)20(26)10-6-9-18(25)23-16-11-12-19(22-14-16)27-17-8-5-7-15(21)13-17/h5,7-8,11-14H,3-4,6,9-10H2,1-2H3,(H,23,25). The molecule has 1 aromatic carbocycles. The summed E-state index contributed by atoms with van der Waals surface area (Å²) >= 11 is 3.39. The maximum atomic E-state index is 12.0. The number of nitrogens with one attached hydrogen (secondary N) is 1. The third-order valence-corrected chi connectivity index (χ3v) is 4.44. The van der Waals surface area contributed by atoms with Gasteiger partial charge in [0.25, 0.3) is 0 Å². The summed E-state index contributed by atoms with van der Waals surface area (Å²) in [7, 11) is 0. The van der Waals surface area contributed by atoms with Gasteiger partial charge in [-0.1, -0.05) is 22.0 Å². The van der Waals surface area contributed by atoms with Crippen molar-refractivity contribution in [3.8, 4) is 11.6 Å². The average Bonchev–Trinajstić information content (AvgIpc) is 2.64. The van der Waals surface area contributed by atoms with Crippen LogP contribution >= 0.6 is 15.9 Å². The van der Waals surface area contributed by atoms with Gasteiger partial charge >= 0.3 is 0 Å². The summed E-state index contributed by atoms with van der Waals surface area (Å²) in [6, 6.07) is 10.9. The first-order valence-electron chi connectivity index (χ1n) is 8.99. The number of pyridine rings is 1. The van der Waals surface area contributed by atoms with Crippen LogP contribution in [-0.4, -0.2) is 34.8 Å². The minimum absolute atomic E-state index is 0.0866. The van der Waals surface area contributed by atoms with Crippen LogP contribution in [-0.2, 0) is 9.59 Å². The van der Waals surface area contributed by atoms with Gasteiger partial charge in [0.15, 0.2) is 0 Å². The molecular formula is C20H24BrN3O3. The van der Waals surface area contributed by atoms with Crippen LogP contribution in [0, 0.1) is 0 Å². The molecule has 1 N–H and O–H groups in total. The Bertz CT molecular complexity index is 761. The van der Waals surface area contributed by atoms with Crippen molar-refractivity contribution >= 4 is 33.4 Å². The van der Waals surface area contributed by atoms with Gasteiger partial charge in [0.1, 0.15) is 5.75 Å². The molecule has 6 nitrogen and oxygen atoms in total. The molecule has 2 amide bonds. The van der Waals surface area contributed by atoms with E-state index < -0.39 is 0 Å². The molecule has 0 saturated carbocycles. The summed E-state index contributed by atoms with van der Waals surface area (Å²) in [5, 5.41) is 2.78. The first kappa shape index (κ1) is 20.9. The smallest absolute Gasteiger partial charge is 0.224 e. The molecule has 0 spiro atoms. The number of ether oxygens (including phenoxy) is 1. The van der Waals surface area contributed by atoms with Gasteiger partial charge in [-0.2, -0.15) is 0 Å². The molecule has 2 rings (SSSR count). The van der Waals surface area contributed by atoms with Crippen LogP contribution in [0.3, 0.4) is 0 Å². The maximum Gasteiger partial charge on any atom is 0.224 e. The van der Waals surface area contributed by atoms with Crippen molar-refractivity contribution in [2.45, 2.75) is 33.1 Å². The second kappa shape index (κ2) is 10.7. The van der Waals surface area contributed by atoms with Crippen LogP contribution in [0.5, 0.6) is 11.6 Å². The molecule has 0 saturated heterocycles. The second-order valence-electron chi connectivity index (χ2n) is 5.91. The summed E-state index contributed by atoms with van der Waals surface area (Å²) in [5.41, 5.74) is 0.594. The molecule has 0 unspecified atom stereocenters. The van der Waals surface area contributed by atoms with E-state index in [0.29, 0.717) is 49.7 Å². The van der Waals surface area contributed by atoms with Crippen molar-refractivity contribution < 1.29 is 14.3 Å². The maximum absolute atomic E-state index is 12.0. The fourth-order valence-corrected chi connectivity index (χ4v) is 2.90. The number of hydrogen-bond acceptors (Lipinski definition) is 4. The molecule has 7 heteroatoms. The number of hydrogen-bond donors (Lipinski definition) is 1. The quantitative estimate of drug-likeness (QED) is 0.626. The first-order valence-corrected chi connectivity index (χ1v) is 9.78. The highest BCUT2D eigenvalue weighted by Crippen LogP contribution is 2.23. The topological polar surface area (TPSA) is 71.5 Å². The highest BCUT2D eigenvalue weighted by atomic mass is 79.9. The summed E-state index contributed by atoms with van der Waals surface area (Å²) in [6.45, 7) is 5.29. The molecule has 0 radical (unpaired) electrons. The highest BCUT2D eigenvalue weighted by molar-refractivity contribution is 9.10. The monoisotopic (exact) mass is 433 g/mol. The lowest BCUT2D eigenvalue weighted by atomic mass is 10.2. The SMILES string of the molecule is CCN(CC)C(=O)CCCC(=O)Nc1ccc(Oc2cccc(Br)c2)nc1. The third-order valence-electron chi connectivity index (χ3n) is 3.95. The van der Waals surface area contributed by atoms with Crippen LogP contribution in [0.2, 0.25) is 0 Å². The van der Waals surface area contributed by atoms with E-state index in [1.807, 2.05) is 38.1 Å². The number of rotatable bonds is 9. The highest BCUT2D eigenvalue weighted by Gasteiger charge is 2.10. The Morgan fingerprint density at radius 3 is 2.56 bits per heavy atom. The lowest BCUT2D eigenvalue weighted by Gasteiger charge is -2.18. The largest absolute Gasteiger partial charge is 0.439 e. The van der Waals surface area contributed by atoms with Crippen molar-refractivity contribution in [2.75, 3.05) is 18.4 Å². The van der Waals surface area contributed by atoms with Crippen LogP contribution < -0.4 is 10.1 Å². The van der Waals surface area contributed by atoms with Gasteiger partial charge in [-0.05, 0) is 44.5 Å². The summed E-state index contributed by atoms with van der Waals surface area (Å²) in [4.78, 5) is 29.9. The van der Waals surface area contributed by atoms with Crippen molar-refractivity contribution in [3.05, 3.63) is 47.1 Å². The molecular weight excluding hydrogens is 410 g/mol. The molecule has 0 bridgehead atoms. The number of anilines is 1. The van der Waals surface area contributed by atoms with E-state index in [1.54, 1.807) is 23.2 Å². The number of carbonyl (C=O) groups excluding carboxylic acids is 2. The molecule has 1 heterocycles. The van der Waals surface area contributed by atoms with E-state index in [1.165, 1.54) is 0 Å². The predicted octanol–water partition coefficient (Wildman–Crippen LogP) is 4.61. The summed E-state index contributed by atoms with van der Waals surface area (Å²) < 4.78 is 6.58. The third kappa shape index (κ3) is 7.02. The molecule has 144 valence electrons. The number of nitrogens with zero attached hydrogens (tertiary/aromatic N) is 2. The van der Waals surface area contributed by atoms with Gasteiger partial charge in [0.2, 0.25) is 17.7 Å². The van der Waals surface area contributed by atoms with E-state index in [4.69, 9.17) is 4.74 Å². The number of aromatic nitrogens is 1. The number of carbonyl (C=O) groups is 2. The number of halogens is 1. The zero-order chi connectivity index (χ0) is 19.6. The van der Waals surface area contributed by atoms with Crippen molar-refractivity contribution in [1.82, 2.24) is 9.88 Å². The Labute approximate surface area is 168 Å². The van der Waals surface area contributed by atoms with Crippen LogP contribution in [0.25, 0.3) is 0 Å². The predicted molar refractivity (Wildman–Crippen MR) is 109 cm³/mol. The zero-order valence-corrected chi connectivity index (χ0v) is 17.2. The van der Waals surface area contributed by atoms with Crippen LogP contribution in [0.15, 0.2) is 47.1 Å². The van der Waals surface area contributed by atoms with Gasteiger partial charge in [-0.3, -0.25) is 9.59 Å². The molecule has 1 aromatic heterocycles. The average molecular weight is 434 g/mol. The van der Waals surface area contributed by atoms with Gasteiger partial charge in [-0.25, -0.2) is 4.98 Å². The van der Waals surface area contributed by atoms with E-state index in [2.05, 4.69) is 26.2 Å². The first-order chi connectivity index (χ1) is 13.0. The normalized spacial score (nSPS) is 10.3. The molecule has 0 atom stereocenters. The Morgan fingerprint density at radius 2 is 1.93 bits per heavy atom. The minimum atomic E-state index is -0.134. The fourth-order valence-electron chi connectivity index (χ4n) is 2.52.